The second-order valence-electron chi connectivity index (χ2n) is 9.59. The monoisotopic (exact) mass is 490 g/mol. The number of likely N-dealkylation sites (tertiary alicyclic amines) is 1. The molecule has 2 heterocycles. The largest absolute Gasteiger partial charge is 0.489 e. The van der Waals surface area contributed by atoms with Gasteiger partial charge in [-0.15, -0.1) is 11.3 Å². The molecule has 1 atom stereocenters. The Morgan fingerprint density at radius 3 is 2.83 bits per heavy atom. The van der Waals surface area contributed by atoms with Gasteiger partial charge in [0.25, 0.3) is 0 Å². The summed E-state index contributed by atoms with van der Waals surface area (Å²) in [5, 5.41) is 7.77. The number of anilines is 1. The Labute approximate surface area is 211 Å². The highest BCUT2D eigenvalue weighted by Crippen LogP contribution is 2.41. The van der Waals surface area contributed by atoms with Crippen LogP contribution < -0.4 is 15.4 Å². The summed E-state index contributed by atoms with van der Waals surface area (Å²) in [7, 11) is 1.91. The van der Waals surface area contributed by atoms with E-state index in [1.807, 2.05) is 38.1 Å². The van der Waals surface area contributed by atoms with Gasteiger partial charge in [-0.1, -0.05) is 18.2 Å². The number of fused-ring (bicyclic) bond motifs is 1. The van der Waals surface area contributed by atoms with Crippen LogP contribution in [0.4, 0.5) is 5.69 Å². The van der Waals surface area contributed by atoms with Gasteiger partial charge in [-0.25, -0.2) is 4.98 Å². The number of amides is 1. The first-order valence-corrected chi connectivity index (χ1v) is 13.4. The van der Waals surface area contributed by atoms with E-state index in [-0.39, 0.29) is 18.1 Å². The minimum Gasteiger partial charge on any atom is -0.489 e. The van der Waals surface area contributed by atoms with Gasteiger partial charge < -0.3 is 20.3 Å². The Morgan fingerprint density at radius 1 is 1.23 bits per heavy atom. The number of hydrogen-bond donors (Lipinski definition) is 2. The zero-order valence-corrected chi connectivity index (χ0v) is 21.6. The van der Waals surface area contributed by atoms with Crippen molar-refractivity contribution in [3.05, 3.63) is 53.7 Å². The second-order valence-corrected chi connectivity index (χ2v) is 10.6. The molecule has 1 saturated heterocycles. The van der Waals surface area contributed by atoms with E-state index in [0.717, 1.165) is 60.8 Å². The van der Waals surface area contributed by atoms with E-state index in [9.17, 15) is 4.79 Å². The second kappa shape index (κ2) is 10.4. The summed E-state index contributed by atoms with van der Waals surface area (Å²) in [6.07, 6.45) is 6.41. The van der Waals surface area contributed by atoms with Crippen LogP contribution >= 0.6 is 11.3 Å². The lowest BCUT2D eigenvalue weighted by molar-refractivity contribution is -0.129. The number of carbonyl (C=O) groups is 1. The molecule has 1 aromatic heterocycles. The molecule has 1 amide bonds. The average molecular weight is 491 g/mol. The summed E-state index contributed by atoms with van der Waals surface area (Å²) < 4.78 is 5.92. The van der Waals surface area contributed by atoms with Crippen molar-refractivity contribution in [2.45, 2.75) is 51.7 Å². The van der Waals surface area contributed by atoms with Crippen molar-refractivity contribution < 1.29 is 9.53 Å². The lowest BCUT2D eigenvalue weighted by atomic mass is 10.0. The number of hydrogen-bond acceptors (Lipinski definition) is 6. The van der Waals surface area contributed by atoms with Crippen LogP contribution in [-0.4, -0.2) is 48.6 Å². The first-order chi connectivity index (χ1) is 17.0. The molecule has 0 radical (unpaired) electrons. The highest BCUT2D eigenvalue weighted by Gasteiger charge is 2.27. The minimum absolute atomic E-state index is 0.122. The van der Waals surface area contributed by atoms with Gasteiger partial charge in [0.05, 0.1) is 23.2 Å². The average Bonchev–Trinajstić information content (AvgIpc) is 3.63. The molecular formula is C28H34N4O2S. The number of nitrogens with one attached hydrogen (secondary N) is 2. The Bertz CT molecular complexity index is 1200. The van der Waals surface area contributed by atoms with Gasteiger partial charge in [0.2, 0.25) is 5.91 Å². The van der Waals surface area contributed by atoms with Crippen LogP contribution in [0.1, 0.15) is 50.3 Å². The van der Waals surface area contributed by atoms with Crippen LogP contribution in [0.15, 0.2) is 42.6 Å². The van der Waals surface area contributed by atoms with Crippen LogP contribution in [0.2, 0.25) is 0 Å². The third kappa shape index (κ3) is 5.07. The SMILES string of the molecule is CNc1cc(-c2ncc(-c3cccc4c3CC[C@H]4NCC(=O)N3CCCC3)s2)ccc1OC(C)C. The molecular weight excluding hydrogens is 456 g/mol. The number of benzene rings is 2. The summed E-state index contributed by atoms with van der Waals surface area (Å²) in [5.74, 6) is 1.08. The van der Waals surface area contributed by atoms with Gasteiger partial charge in [-0.05, 0) is 74.4 Å². The predicted molar refractivity (Wildman–Crippen MR) is 143 cm³/mol. The fourth-order valence-corrected chi connectivity index (χ4v) is 6.10. The maximum atomic E-state index is 12.5. The van der Waals surface area contributed by atoms with Crippen molar-refractivity contribution in [3.8, 4) is 26.8 Å². The third-order valence-corrected chi connectivity index (χ3v) is 7.94. The predicted octanol–water partition coefficient (Wildman–Crippen LogP) is 5.51. The highest BCUT2D eigenvalue weighted by molar-refractivity contribution is 7.18. The molecule has 0 saturated carbocycles. The molecule has 35 heavy (non-hydrogen) atoms. The molecule has 2 aliphatic rings. The lowest BCUT2D eigenvalue weighted by Gasteiger charge is -2.19. The Morgan fingerprint density at radius 2 is 2.06 bits per heavy atom. The van der Waals surface area contributed by atoms with Crippen LogP contribution in [0.25, 0.3) is 21.0 Å². The third-order valence-electron chi connectivity index (χ3n) is 6.86. The van der Waals surface area contributed by atoms with Gasteiger partial charge in [-0.2, -0.15) is 0 Å². The maximum absolute atomic E-state index is 12.5. The summed E-state index contributed by atoms with van der Waals surface area (Å²) in [4.78, 5) is 20.4. The Hall–Kier alpha value is -2.90. The molecule has 0 unspecified atom stereocenters. The van der Waals surface area contributed by atoms with Crippen LogP contribution in [0.5, 0.6) is 5.75 Å². The summed E-state index contributed by atoms with van der Waals surface area (Å²) in [6.45, 7) is 6.30. The van der Waals surface area contributed by atoms with E-state index < -0.39 is 0 Å². The quantitative estimate of drug-likeness (QED) is 0.436. The minimum atomic E-state index is 0.122. The first-order valence-electron chi connectivity index (χ1n) is 12.6. The maximum Gasteiger partial charge on any atom is 0.236 e. The fraction of sp³-hybridized carbons (Fsp3) is 0.429. The summed E-state index contributed by atoms with van der Waals surface area (Å²) in [5.41, 5.74) is 6.00. The molecule has 1 aliphatic heterocycles. The highest BCUT2D eigenvalue weighted by atomic mass is 32.1. The number of rotatable bonds is 8. The zero-order chi connectivity index (χ0) is 24.4. The Kier molecular flexibility index (Phi) is 7.07. The molecule has 184 valence electrons. The van der Waals surface area contributed by atoms with Gasteiger partial charge in [0.1, 0.15) is 10.8 Å². The topological polar surface area (TPSA) is 66.5 Å². The van der Waals surface area contributed by atoms with E-state index in [0.29, 0.717) is 6.54 Å². The molecule has 0 bridgehead atoms. The van der Waals surface area contributed by atoms with Crippen molar-refractivity contribution in [1.29, 1.82) is 0 Å². The van der Waals surface area contributed by atoms with Gasteiger partial charge >= 0.3 is 0 Å². The molecule has 5 rings (SSSR count). The number of thiazole rings is 1. The fourth-order valence-electron chi connectivity index (χ4n) is 5.13. The van der Waals surface area contributed by atoms with Crippen LogP contribution in [-0.2, 0) is 11.2 Å². The van der Waals surface area contributed by atoms with Crippen molar-refractivity contribution in [1.82, 2.24) is 15.2 Å². The van der Waals surface area contributed by atoms with E-state index in [4.69, 9.17) is 9.72 Å². The molecule has 6 nitrogen and oxygen atoms in total. The van der Waals surface area contributed by atoms with E-state index in [1.165, 1.54) is 21.6 Å². The standard InChI is InChI=1S/C28H34N4O2S/c1-18(2)34-25-12-9-19(15-24(25)29-3)28-31-16-26(35-28)22-8-6-7-21-20(22)10-11-23(21)30-17-27(33)32-13-4-5-14-32/h6-9,12,15-16,18,23,29-30H,4-5,10-11,13-14,17H2,1-3H3/t23-/m1/s1. The van der Waals surface area contributed by atoms with Crippen molar-refractivity contribution in [3.63, 3.8) is 0 Å². The van der Waals surface area contributed by atoms with Gasteiger partial charge in [-0.3, -0.25) is 4.79 Å². The van der Waals surface area contributed by atoms with Gasteiger partial charge in [0.15, 0.2) is 0 Å². The smallest absolute Gasteiger partial charge is 0.236 e. The number of nitrogens with zero attached hydrogens (tertiary/aromatic N) is 2. The Balaban J connectivity index is 1.33. The lowest BCUT2D eigenvalue weighted by Crippen LogP contribution is -2.37. The first kappa shape index (κ1) is 23.8. The van der Waals surface area contributed by atoms with Crippen LogP contribution in [0.3, 0.4) is 0 Å². The molecule has 0 spiro atoms. The van der Waals surface area contributed by atoms with E-state index in [1.54, 1.807) is 11.3 Å². The molecule has 1 fully saturated rings. The molecule has 1 aliphatic carbocycles. The number of ether oxygens (including phenoxy) is 1. The van der Waals surface area contributed by atoms with E-state index in [2.05, 4.69) is 41.0 Å². The summed E-state index contributed by atoms with van der Waals surface area (Å²) in [6, 6.07) is 13.0. The van der Waals surface area contributed by atoms with E-state index >= 15 is 0 Å². The summed E-state index contributed by atoms with van der Waals surface area (Å²) >= 11 is 1.72. The number of carbonyl (C=O) groups excluding carboxylic acids is 1. The molecule has 2 aromatic carbocycles. The van der Waals surface area contributed by atoms with Crippen molar-refractivity contribution in [2.24, 2.45) is 0 Å². The van der Waals surface area contributed by atoms with Crippen molar-refractivity contribution in [2.75, 3.05) is 32.0 Å². The molecule has 3 aromatic rings. The molecule has 7 heteroatoms. The number of aromatic nitrogens is 1. The zero-order valence-electron chi connectivity index (χ0n) is 20.8. The van der Waals surface area contributed by atoms with Crippen molar-refractivity contribution >= 4 is 22.9 Å². The normalized spacial score (nSPS) is 17.1. The van der Waals surface area contributed by atoms with Gasteiger partial charge in [0, 0.05) is 37.9 Å². The molecule has 2 N–H and O–H groups in total. The van der Waals surface area contributed by atoms with Crippen LogP contribution in [0, 0.1) is 0 Å².